The predicted molar refractivity (Wildman–Crippen MR) is 79.8 cm³/mol. The molecule has 0 aliphatic carbocycles. The van der Waals surface area contributed by atoms with Crippen LogP contribution in [0.4, 0.5) is 13.2 Å². The third-order valence-corrected chi connectivity index (χ3v) is 3.33. The van der Waals surface area contributed by atoms with Crippen LogP contribution in [0, 0.1) is 0 Å². The zero-order chi connectivity index (χ0) is 16.0. The molecular formula is C17H18F3NO. The van der Waals surface area contributed by atoms with E-state index in [1.807, 2.05) is 24.3 Å². The largest absolute Gasteiger partial charge is 0.497 e. The summed E-state index contributed by atoms with van der Waals surface area (Å²) in [7, 11) is 1.63. The summed E-state index contributed by atoms with van der Waals surface area (Å²) in [6.07, 6.45) is -3.45. The summed E-state index contributed by atoms with van der Waals surface area (Å²) < 4.78 is 42.5. The highest BCUT2D eigenvalue weighted by Gasteiger charge is 2.29. The van der Waals surface area contributed by atoms with Crippen LogP contribution in [0.25, 0.3) is 0 Å². The van der Waals surface area contributed by atoms with Crippen LogP contribution in [0.15, 0.2) is 48.5 Å². The third-order valence-electron chi connectivity index (χ3n) is 3.33. The van der Waals surface area contributed by atoms with E-state index in [1.54, 1.807) is 7.11 Å². The number of nitrogens with one attached hydrogen (secondary N) is 1. The van der Waals surface area contributed by atoms with Crippen molar-refractivity contribution in [3.05, 3.63) is 65.2 Å². The van der Waals surface area contributed by atoms with Crippen molar-refractivity contribution in [1.29, 1.82) is 0 Å². The van der Waals surface area contributed by atoms with E-state index in [2.05, 4.69) is 5.32 Å². The van der Waals surface area contributed by atoms with Crippen LogP contribution >= 0.6 is 0 Å². The lowest BCUT2D eigenvalue weighted by atomic mass is 10.1. The van der Waals surface area contributed by atoms with Gasteiger partial charge < -0.3 is 10.1 Å². The highest BCUT2D eigenvalue weighted by Crippen LogP contribution is 2.29. The monoisotopic (exact) mass is 309 g/mol. The Labute approximate surface area is 127 Å². The maximum Gasteiger partial charge on any atom is 0.416 e. The van der Waals surface area contributed by atoms with Gasteiger partial charge in [0.05, 0.1) is 12.7 Å². The molecule has 0 bridgehead atoms. The number of ether oxygens (including phenoxy) is 1. The molecule has 22 heavy (non-hydrogen) atoms. The molecule has 1 N–H and O–H groups in total. The molecule has 0 saturated heterocycles. The Kier molecular flexibility index (Phi) is 5.44. The molecule has 0 aromatic heterocycles. The molecule has 0 atom stereocenters. The van der Waals surface area contributed by atoms with E-state index in [0.29, 0.717) is 6.54 Å². The molecular weight excluding hydrogens is 291 g/mol. The van der Waals surface area contributed by atoms with Gasteiger partial charge in [-0.05, 0) is 48.4 Å². The molecule has 0 radical (unpaired) electrons. The summed E-state index contributed by atoms with van der Waals surface area (Å²) in [5.74, 6) is 0.820. The first-order valence-corrected chi connectivity index (χ1v) is 6.99. The summed E-state index contributed by atoms with van der Waals surface area (Å²) in [5.41, 5.74) is 1.37. The SMILES string of the molecule is COc1cccc(CCNCc2ccc(C(F)(F)F)cc2)c1. The lowest BCUT2D eigenvalue weighted by molar-refractivity contribution is -0.137. The summed E-state index contributed by atoms with van der Waals surface area (Å²) in [6, 6.07) is 13.0. The van der Waals surface area contributed by atoms with Gasteiger partial charge in [-0.2, -0.15) is 13.2 Å². The second kappa shape index (κ2) is 7.31. The molecule has 0 amide bonds. The fraction of sp³-hybridized carbons (Fsp3) is 0.294. The Hall–Kier alpha value is -2.01. The number of hydrogen-bond acceptors (Lipinski definition) is 2. The Morgan fingerprint density at radius 2 is 1.73 bits per heavy atom. The highest BCUT2D eigenvalue weighted by molar-refractivity contribution is 5.28. The van der Waals surface area contributed by atoms with Crippen molar-refractivity contribution >= 4 is 0 Å². The van der Waals surface area contributed by atoms with Crippen LogP contribution in [-0.2, 0) is 19.1 Å². The van der Waals surface area contributed by atoms with Crippen molar-refractivity contribution in [3.63, 3.8) is 0 Å². The van der Waals surface area contributed by atoms with Gasteiger partial charge >= 0.3 is 6.18 Å². The molecule has 0 aliphatic heterocycles. The van der Waals surface area contributed by atoms with Crippen LogP contribution in [0.2, 0.25) is 0 Å². The average Bonchev–Trinajstić information content (AvgIpc) is 2.51. The number of hydrogen-bond donors (Lipinski definition) is 1. The first-order chi connectivity index (χ1) is 10.5. The average molecular weight is 309 g/mol. The van der Waals surface area contributed by atoms with E-state index in [0.717, 1.165) is 42.0 Å². The summed E-state index contributed by atoms with van der Waals surface area (Å²) >= 11 is 0. The van der Waals surface area contributed by atoms with Gasteiger partial charge in [0.1, 0.15) is 5.75 Å². The minimum atomic E-state index is -4.28. The third kappa shape index (κ3) is 4.77. The fourth-order valence-corrected chi connectivity index (χ4v) is 2.10. The molecule has 0 saturated carbocycles. The summed E-state index contributed by atoms with van der Waals surface area (Å²) in [5, 5.41) is 3.22. The first-order valence-electron chi connectivity index (χ1n) is 6.99. The molecule has 0 unspecified atom stereocenters. The molecule has 5 heteroatoms. The normalized spacial score (nSPS) is 11.5. The molecule has 0 spiro atoms. The van der Waals surface area contributed by atoms with Crippen LogP contribution in [0.1, 0.15) is 16.7 Å². The number of alkyl halides is 3. The van der Waals surface area contributed by atoms with Gasteiger partial charge in [-0.3, -0.25) is 0 Å². The van der Waals surface area contributed by atoms with Gasteiger partial charge in [0.25, 0.3) is 0 Å². The quantitative estimate of drug-likeness (QED) is 0.813. The van der Waals surface area contributed by atoms with E-state index in [9.17, 15) is 13.2 Å². The molecule has 0 aliphatic rings. The minimum absolute atomic E-state index is 0.544. The lowest BCUT2D eigenvalue weighted by Gasteiger charge is -2.09. The van der Waals surface area contributed by atoms with E-state index < -0.39 is 11.7 Å². The topological polar surface area (TPSA) is 21.3 Å². The number of benzene rings is 2. The van der Waals surface area contributed by atoms with Crippen molar-refractivity contribution in [1.82, 2.24) is 5.32 Å². The van der Waals surface area contributed by atoms with Crippen molar-refractivity contribution in [2.75, 3.05) is 13.7 Å². The second-order valence-corrected chi connectivity index (χ2v) is 4.97. The highest BCUT2D eigenvalue weighted by atomic mass is 19.4. The smallest absolute Gasteiger partial charge is 0.416 e. The maximum absolute atomic E-state index is 12.4. The zero-order valence-corrected chi connectivity index (χ0v) is 12.3. The van der Waals surface area contributed by atoms with E-state index in [-0.39, 0.29) is 0 Å². The Morgan fingerprint density at radius 3 is 2.36 bits per heavy atom. The molecule has 2 aromatic rings. The molecule has 118 valence electrons. The molecule has 0 heterocycles. The van der Waals surface area contributed by atoms with Gasteiger partial charge in [-0.25, -0.2) is 0 Å². The standard InChI is InChI=1S/C17H18F3NO/c1-22-16-4-2-3-13(11-16)9-10-21-12-14-5-7-15(8-6-14)17(18,19)20/h2-8,11,21H,9-10,12H2,1H3. The van der Waals surface area contributed by atoms with Gasteiger partial charge in [0.15, 0.2) is 0 Å². The van der Waals surface area contributed by atoms with Crippen LogP contribution in [-0.4, -0.2) is 13.7 Å². The molecule has 2 nitrogen and oxygen atoms in total. The molecule has 2 aromatic carbocycles. The molecule has 0 fully saturated rings. The van der Waals surface area contributed by atoms with Crippen LogP contribution in [0.3, 0.4) is 0 Å². The number of methoxy groups -OCH3 is 1. The van der Waals surface area contributed by atoms with Crippen LogP contribution in [0.5, 0.6) is 5.75 Å². The van der Waals surface area contributed by atoms with E-state index in [4.69, 9.17) is 4.74 Å². The zero-order valence-electron chi connectivity index (χ0n) is 12.3. The Balaban J connectivity index is 1.79. The van der Waals surface area contributed by atoms with Crippen molar-refractivity contribution in [2.45, 2.75) is 19.1 Å². The van der Waals surface area contributed by atoms with E-state index in [1.165, 1.54) is 12.1 Å². The predicted octanol–water partition coefficient (Wildman–Crippen LogP) is 4.05. The van der Waals surface area contributed by atoms with Crippen LogP contribution < -0.4 is 10.1 Å². The number of halogens is 3. The summed E-state index contributed by atoms with van der Waals surface area (Å²) in [6.45, 7) is 1.29. The first kappa shape index (κ1) is 16.4. The van der Waals surface area contributed by atoms with Gasteiger partial charge in [-0.15, -0.1) is 0 Å². The fourth-order valence-electron chi connectivity index (χ4n) is 2.10. The van der Waals surface area contributed by atoms with Gasteiger partial charge in [0.2, 0.25) is 0 Å². The van der Waals surface area contributed by atoms with Gasteiger partial charge in [-0.1, -0.05) is 24.3 Å². The van der Waals surface area contributed by atoms with Crippen molar-refractivity contribution < 1.29 is 17.9 Å². The van der Waals surface area contributed by atoms with Crippen molar-refractivity contribution in [3.8, 4) is 5.75 Å². The molecule has 2 rings (SSSR count). The van der Waals surface area contributed by atoms with Crippen molar-refractivity contribution in [2.24, 2.45) is 0 Å². The maximum atomic E-state index is 12.4. The Morgan fingerprint density at radius 1 is 1.00 bits per heavy atom. The Bertz CT molecular complexity index is 594. The van der Waals surface area contributed by atoms with Gasteiger partial charge in [0, 0.05) is 6.54 Å². The number of rotatable bonds is 6. The minimum Gasteiger partial charge on any atom is -0.497 e. The van der Waals surface area contributed by atoms with E-state index >= 15 is 0 Å². The lowest BCUT2D eigenvalue weighted by Crippen LogP contribution is -2.16. The summed E-state index contributed by atoms with van der Waals surface area (Å²) in [4.78, 5) is 0. The second-order valence-electron chi connectivity index (χ2n) is 4.97.